The minimum absolute atomic E-state index is 0.0679. The van der Waals surface area contributed by atoms with Crippen LogP contribution in [0, 0.1) is 6.92 Å². The van der Waals surface area contributed by atoms with Gasteiger partial charge >= 0.3 is 0 Å². The molecule has 0 spiro atoms. The number of alkyl halides is 1. The Hall–Kier alpha value is -0.180. The van der Waals surface area contributed by atoms with Crippen molar-refractivity contribution >= 4 is 32.4 Å². The van der Waals surface area contributed by atoms with Crippen molar-refractivity contribution in [2.75, 3.05) is 10.2 Å². The molecular formula is C10H13IO4S. The Kier molecular flexibility index (Phi) is 5.16. The maximum atomic E-state index is 11.8. The summed E-state index contributed by atoms with van der Waals surface area (Å²) in [5, 5.41) is 8.34. The summed E-state index contributed by atoms with van der Waals surface area (Å²) in [5.41, 5.74) is 1.57. The topological polar surface area (TPSA) is 63.6 Å². The maximum Gasteiger partial charge on any atom is 0.179 e. The average molecular weight is 356 g/mol. The van der Waals surface area contributed by atoms with Gasteiger partial charge in [-0.15, -0.1) is 0 Å². The van der Waals surface area contributed by atoms with Crippen LogP contribution < -0.4 is 0 Å². The van der Waals surface area contributed by atoms with Crippen molar-refractivity contribution in [2.24, 2.45) is 0 Å². The molecule has 0 saturated heterocycles. The van der Waals surface area contributed by atoms with E-state index in [1.807, 2.05) is 22.6 Å². The molecule has 0 aliphatic rings. The molecule has 0 aromatic heterocycles. The number of benzene rings is 1. The maximum absolute atomic E-state index is 11.8. The molecule has 0 amide bonds. The van der Waals surface area contributed by atoms with Crippen LogP contribution in [0.15, 0.2) is 23.1 Å². The van der Waals surface area contributed by atoms with Gasteiger partial charge in [0.25, 0.3) is 0 Å². The van der Waals surface area contributed by atoms with Crippen LogP contribution in [0.5, 0.6) is 0 Å². The molecule has 0 aliphatic heterocycles. The Labute approximate surface area is 109 Å². The molecular weight excluding hydrogens is 343 g/mol. The predicted octanol–water partition coefficient (Wildman–Crippen LogP) is 2.19. The molecule has 0 bridgehead atoms. The van der Waals surface area contributed by atoms with E-state index in [1.54, 1.807) is 25.1 Å². The first-order valence-electron chi connectivity index (χ1n) is 4.66. The highest BCUT2D eigenvalue weighted by Gasteiger charge is 2.14. The standard InChI is InChI=1S/C10H13IO4S/c1-8-6-10(16(13,14)5-4-11)3-2-9(8)7-15-12/h2-3,6,12H,4-5,7H2,1H3. The first-order valence-corrected chi connectivity index (χ1v) is 7.83. The summed E-state index contributed by atoms with van der Waals surface area (Å²) in [7, 11) is -3.18. The van der Waals surface area contributed by atoms with Crippen molar-refractivity contribution in [1.82, 2.24) is 0 Å². The third-order valence-electron chi connectivity index (χ3n) is 2.24. The van der Waals surface area contributed by atoms with Gasteiger partial charge in [-0.2, -0.15) is 0 Å². The second-order valence-electron chi connectivity index (χ2n) is 3.37. The number of halogens is 1. The Bertz CT molecular complexity index is 456. The van der Waals surface area contributed by atoms with Crippen LogP contribution in [0.2, 0.25) is 0 Å². The fraction of sp³-hybridized carbons (Fsp3) is 0.400. The zero-order valence-electron chi connectivity index (χ0n) is 8.81. The lowest BCUT2D eigenvalue weighted by molar-refractivity contribution is -0.253. The minimum atomic E-state index is -3.18. The lowest BCUT2D eigenvalue weighted by Gasteiger charge is -2.07. The van der Waals surface area contributed by atoms with E-state index in [0.29, 0.717) is 9.32 Å². The van der Waals surface area contributed by atoms with Crippen molar-refractivity contribution in [2.45, 2.75) is 18.4 Å². The lowest BCUT2D eigenvalue weighted by Crippen LogP contribution is -2.08. The molecule has 0 fully saturated rings. The van der Waals surface area contributed by atoms with Crippen LogP contribution in [-0.2, 0) is 21.3 Å². The molecule has 0 heterocycles. The molecule has 0 unspecified atom stereocenters. The van der Waals surface area contributed by atoms with Gasteiger partial charge in [-0.25, -0.2) is 13.3 Å². The van der Waals surface area contributed by atoms with Gasteiger partial charge < -0.3 is 0 Å². The smallest absolute Gasteiger partial charge is 0.179 e. The monoisotopic (exact) mass is 356 g/mol. The van der Waals surface area contributed by atoms with E-state index < -0.39 is 9.84 Å². The summed E-state index contributed by atoms with van der Waals surface area (Å²) in [6, 6.07) is 4.81. The fourth-order valence-electron chi connectivity index (χ4n) is 1.31. The third kappa shape index (κ3) is 3.41. The van der Waals surface area contributed by atoms with Crippen LogP contribution in [0.4, 0.5) is 0 Å². The first kappa shape index (κ1) is 13.9. The number of sulfone groups is 1. The molecule has 1 aromatic rings. The highest BCUT2D eigenvalue weighted by Crippen LogP contribution is 2.17. The van der Waals surface area contributed by atoms with Gasteiger partial charge in [0.1, 0.15) is 6.61 Å². The largest absolute Gasteiger partial charge is 0.251 e. The SMILES string of the molecule is Cc1cc(S(=O)(=O)CCI)ccc1COO. The molecule has 0 atom stereocenters. The summed E-state index contributed by atoms with van der Waals surface area (Å²) in [4.78, 5) is 4.35. The summed E-state index contributed by atoms with van der Waals surface area (Å²) in [6.45, 7) is 1.86. The number of hydrogen-bond acceptors (Lipinski definition) is 4. The molecule has 6 heteroatoms. The van der Waals surface area contributed by atoms with Gasteiger partial charge in [0, 0.05) is 4.43 Å². The second kappa shape index (κ2) is 5.95. The van der Waals surface area contributed by atoms with Crippen LogP contribution in [0.1, 0.15) is 11.1 Å². The molecule has 1 aromatic carbocycles. The molecule has 0 saturated carbocycles. The summed E-state index contributed by atoms with van der Waals surface area (Å²) in [6.07, 6.45) is 0. The highest BCUT2D eigenvalue weighted by atomic mass is 127. The van der Waals surface area contributed by atoms with Crippen molar-refractivity contribution < 1.29 is 18.6 Å². The quantitative estimate of drug-likeness (QED) is 0.380. The third-order valence-corrected chi connectivity index (χ3v) is 5.22. The molecule has 90 valence electrons. The Balaban J connectivity index is 3.06. The molecule has 0 radical (unpaired) electrons. The van der Waals surface area contributed by atoms with Crippen molar-refractivity contribution in [1.29, 1.82) is 0 Å². The van der Waals surface area contributed by atoms with Gasteiger partial charge in [0.15, 0.2) is 9.84 Å². The Morgan fingerprint density at radius 1 is 1.44 bits per heavy atom. The molecule has 1 N–H and O–H groups in total. The van der Waals surface area contributed by atoms with E-state index in [1.165, 1.54) is 0 Å². The van der Waals surface area contributed by atoms with Crippen molar-refractivity contribution in [3.05, 3.63) is 29.3 Å². The normalized spacial score (nSPS) is 11.7. The van der Waals surface area contributed by atoms with Gasteiger partial charge in [-0.1, -0.05) is 28.7 Å². The van der Waals surface area contributed by atoms with Gasteiger partial charge in [-0.05, 0) is 30.2 Å². The van der Waals surface area contributed by atoms with E-state index in [4.69, 9.17) is 5.26 Å². The zero-order chi connectivity index (χ0) is 12.2. The van der Waals surface area contributed by atoms with E-state index in [9.17, 15) is 8.42 Å². The van der Waals surface area contributed by atoms with E-state index in [0.717, 1.165) is 11.1 Å². The minimum Gasteiger partial charge on any atom is -0.251 e. The Morgan fingerprint density at radius 3 is 2.62 bits per heavy atom. The van der Waals surface area contributed by atoms with Gasteiger partial charge in [-0.3, -0.25) is 5.26 Å². The summed E-state index contributed by atoms with van der Waals surface area (Å²) in [5.74, 6) is 0.142. The molecule has 0 aliphatic carbocycles. The molecule has 4 nitrogen and oxygen atoms in total. The molecule has 16 heavy (non-hydrogen) atoms. The Morgan fingerprint density at radius 2 is 2.12 bits per heavy atom. The van der Waals surface area contributed by atoms with Crippen molar-refractivity contribution in [3.8, 4) is 0 Å². The van der Waals surface area contributed by atoms with Crippen LogP contribution >= 0.6 is 22.6 Å². The predicted molar refractivity (Wildman–Crippen MR) is 69.5 cm³/mol. The summed E-state index contributed by atoms with van der Waals surface area (Å²) >= 11 is 2.04. The lowest BCUT2D eigenvalue weighted by atomic mass is 10.1. The van der Waals surface area contributed by atoms with Gasteiger partial charge in [0.2, 0.25) is 0 Å². The fourth-order valence-corrected chi connectivity index (χ4v) is 4.12. The number of aryl methyl sites for hydroxylation is 1. The second-order valence-corrected chi connectivity index (χ2v) is 6.56. The average Bonchev–Trinajstić information content (AvgIpc) is 2.21. The first-order chi connectivity index (χ1) is 7.51. The summed E-state index contributed by atoms with van der Waals surface area (Å²) < 4.78 is 24.1. The zero-order valence-corrected chi connectivity index (χ0v) is 11.8. The number of rotatable bonds is 5. The van der Waals surface area contributed by atoms with Crippen LogP contribution in [-0.4, -0.2) is 23.9 Å². The highest BCUT2D eigenvalue weighted by molar-refractivity contribution is 14.1. The van der Waals surface area contributed by atoms with E-state index in [-0.39, 0.29) is 12.4 Å². The van der Waals surface area contributed by atoms with E-state index in [2.05, 4.69) is 4.89 Å². The van der Waals surface area contributed by atoms with Crippen molar-refractivity contribution in [3.63, 3.8) is 0 Å². The molecule has 1 rings (SSSR count). The van der Waals surface area contributed by atoms with Gasteiger partial charge in [0.05, 0.1) is 10.6 Å². The number of hydrogen-bond donors (Lipinski definition) is 1. The van der Waals surface area contributed by atoms with Crippen LogP contribution in [0.25, 0.3) is 0 Å². The van der Waals surface area contributed by atoms with Crippen LogP contribution in [0.3, 0.4) is 0 Å². The van der Waals surface area contributed by atoms with E-state index >= 15 is 0 Å².